The van der Waals surface area contributed by atoms with E-state index in [9.17, 15) is 0 Å². The van der Waals surface area contributed by atoms with Gasteiger partial charge in [0.1, 0.15) is 0 Å². The maximum atomic E-state index is 5.05. The fraction of sp³-hybridized carbons (Fsp3) is 0.0909. The van der Waals surface area contributed by atoms with Gasteiger partial charge in [0.25, 0.3) is 0 Å². The monoisotopic (exact) mass is 298 g/mol. The summed E-state index contributed by atoms with van der Waals surface area (Å²) in [6.45, 7) is 0.604. The van der Waals surface area contributed by atoms with Crippen LogP contribution in [0.3, 0.4) is 0 Å². The topological polar surface area (TPSA) is 9.23 Å². The van der Waals surface area contributed by atoms with Crippen LogP contribution in [-0.2, 0) is 4.74 Å². The second-order valence-corrected chi connectivity index (χ2v) is 5.26. The van der Waals surface area contributed by atoms with E-state index in [1.807, 2.05) is 30.4 Å². The Morgan fingerprint density at radius 2 is 1.65 bits per heavy atom. The highest BCUT2D eigenvalue weighted by molar-refractivity contribution is 5.83. The second kappa shape index (κ2) is 7.45. The van der Waals surface area contributed by atoms with Crippen LogP contribution in [0.4, 0.5) is 0 Å². The third-order valence-corrected chi connectivity index (χ3v) is 3.61. The van der Waals surface area contributed by atoms with E-state index in [4.69, 9.17) is 4.74 Å². The summed E-state index contributed by atoms with van der Waals surface area (Å²) in [5.41, 5.74) is 3.16. The number of methoxy groups -OCH3 is 1. The maximum absolute atomic E-state index is 5.05. The number of rotatable bonds is 3. The average molecular weight is 298 g/mol. The largest absolute Gasteiger partial charge is 0.381 e. The lowest BCUT2D eigenvalue weighted by Gasteiger charge is -1.99. The summed E-state index contributed by atoms with van der Waals surface area (Å²) >= 11 is 0. The highest BCUT2D eigenvalue weighted by Gasteiger charge is 1.96. The molecular weight excluding hydrogens is 280 g/mol. The van der Waals surface area contributed by atoms with Gasteiger partial charge in [0, 0.05) is 18.2 Å². The molecule has 0 amide bonds. The molecule has 0 N–H and O–H groups in total. The number of hydrogen-bond acceptors (Lipinski definition) is 1. The van der Waals surface area contributed by atoms with Gasteiger partial charge in [0.05, 0.1) is 6.61 Å². The van der Waals surface area contributed by atoms with Crippen molar-refractivity contribution < 1.29 is 4.74 Å². The molecule has 0 saturated heterocycles. The lowest BCUT2D eigenvalue weighted by atomic mass is 10.1. The first-order valence-electron chi connectivity index (χ1n) is 7.62. The average Bonchev–Trinajstić information content (AvgIpc) is 2.61. The van der Waals surface area contributed by atoms with Crippen molar-refractivity contribution in [1.29, 1.82) is 0 Å². The Bertz CT molecular complexity index is 894. The molecule has 0 aliphatic heterocycles. The van der Waals surface area contributed by atoms with Crippen LogP contribution in [0.15, 0.2) is 72.8 Å². The van der Waals surface area contributed by atoms with E-state index in [2.05, 4.69) is 60.4 Å². The van der Waals surface area contributed by atoms with Gasteiger partial charge in [-0.25, -0.2) is 0 Å². The molecule has 0 radical (unpaired) electrons. The zero-order chi connectivity index (χ0) is 15.9. The molecule has 1 nitrogen and oxygen atoms in total. The molecule has 0 aromatic heterocycles. The van der Waals surface area contributed by atoms with Gasteiger partial charge < -0.3 is 4.74 Å². The molecule has 3 aromatic carbocycles. The third kappa shape index (κ3) is 3.88. The van der Waals surface area contributed by atoms with Crippen molar-refractivity contribution in [2.75, 3.05) is 13.7 Å². The van der Waals surface area contributed by atoms with Crippen molar-refractivity contribution in [3.63, 3.8) is 0 Å². The fourth-order valence-corrected chi connectivity index (χ4v) is 2.43. The molecular formula is C22H18O. The molecule has 3 aromatic rings. The molecule has 23 heavy (non-hydrogen) atoms. The smallest absolute Gasteiger partial charge is 0.0646 e. The summed E-state index contributed by atoms with van der Waals surface area (Å²) in [4.78, 5) is 0. The molecule has 0 unspecified atom stereocenters. The van der Waals surface area contributed by atoms with Gasteiger partial charge >= 0.3 is 0 Å². The standard InChI is InChI=1S/C22H18O/c1-23-16-6-11-19-7-2-3-8-20(19)14-12-18-13-15-21-9-4-5-10-22(21)17-18/h2-11,13,15,17H,16H2,1H3. The molecule has 0 saturated carbocycles. The van der Waals surface area contributed by atoms with Gasteiger partial charge in [-0.3, -0.25) is 0 Å². The Hall–Kier alpha value is -2.82. The first-order valence-corrected chi connectivity index (χ1v) is 7.62. The molecule has 112 valence electrons. The van der Waals surface area contributed by atoms with E-state index < -0.39 is 0 Å². The highest BCUT2D eigenvalue weighted by atomic mass is 16.5. The van der Waals surface area contributed by atoms with Gasteiger partial charge in [0.15, 0.2) is 0 Å². The summed E-state index contributed by atoms with van der Waals surface area (Å²) < 4.78 is 5.05. The predicted octanol–water partition coefficient (Wildman–Crippen LogP) is 4.90. The number of benzene rings is 3. The molecule has 0 aliphatic carbocycles. The number of hydrogen-bond donors (Lipinski definition) is 0. The minimum Gasteiger partial charge on any atom is -0.381 e. The number of ether oxygens (including phenoxy) is 1. The van der Waals surface area contributed by atoms with Crippen LogP contribution in [-0.4, -0.2) is 13.7 Å². The highest BCUT2D eigenvalue weighted by Crippen LogP contribution is 2.15. The Morgan fingerprint density at radius 1 is 0.870 bits per heavy atom. The molecule has 0 fully saturated rings. The minimum absolute atomic E-state index is 0.604. The molecule has 0 atom stereocenters. The van der Waals surface area contributed by atoms with Gasteiger partial charge in [-0.2, -0.15) is 0 Å². The van der Waals surface area contributed by atoms with Crippen molar-refractivity contribution in [3.8, 4) is 11.8 Å². The van der Waals surface area contributed by atoms with Crippen LogP contribution >= 0.6 is 0 Å². The lowest BCUT2D eigenvalue weighted by molar-refractivity contribution is 0.234. The van der Waals surface area contributed by atoms with Crippen molar-refractivity contribution >= 4 is 16.8 Å². The summed E-state index contributed by atoms with van der Waals surface area (Å²) in [5.74, 6) is 6.55. The van der Waals surface area contributed by atoms with Gasteiger partial charge in [-0.1, -0.05) is 72.5 Å². The van der Waals surface area contributed by atoms with Crippen LogP contribution in [0.25, 0.3) is 16.8 Å². The minimum atomic E-state index is 0.604. The summed E-state index contributed by atoms with van der Waals surface area (Å²) in [6, 6.07) is 22.8. The summed E-state index contributed by atoms with van der Waals surface area (Å²) in [6.07, 6.45) is 4.05. The maximum Gasteiger partial charge on any atom is 0.0646 e. The summed E-state index contributed by atoms with van der Waals surface area (Å²) in [5, 5.41) is 2.45. The lowest BCUT2D eigenvalue weighted by Crippen LogP contribution is -1.84. The number of fused-ring (bicyclic) bond motifs is 1. The Balaban J connectivity index is 1.91. The molecule has 0 aliphatic rings. The van der Waals surface area contributed by atoms with E-state index in [0.717, 1.165) is 16.7 Å². The van der Waals surface area contributed by atoms with Crippen molar-refractivity contribution in [2.24, 2.45) is 0 Å². The van der Waals surface area contributed by atoms with Crippen LogP contribution < -0.4 is 0 Å². The second-order valence-electron chi connectivity index (χ2n) is 5.26. The molecule has 0 heterocycles. The molecule has 0 bridgehead atoms. The van der Waals surface area contributed by atoms with Crippen LogP contribution in [0, 0.1) is 11.8 Å². The normalized spacial score (nSPS) is 10.7. The zero-order valence-corrected chi connectivity index (χ0v) is 13.1. The van der Waals surface area contributed by atoms with Gasteiger partial charge in [0.2, 0.25) is 0 Å². The van der Waals surface area contributed by atoms with Crippen molar-refractivity contribution in [1.82, 2.24) is 0 Å². The van der Waals surface area contributed by atoms with Crippen molar-refractivity contribution in [3.05, 3.63) is 89.5 Å². The van der Waals surface area contributed by atoms with Crippen LogP contribution in [0.5, 0.6) is 0 Å². The summed E-state index contributed by atoms with van der Waals surface area (Å²) in [7, 11) is 1.69. The Morgan fingerprint density at radius 3 is 2.52 bits per heavy atom. The quantitative estimate of drug-likeness (QED) is 0.625. The third-order valence-electron chi connectivity index (χ3n) is 3.61. The van der Waals surface area contributed by atoms with E-state index in [0.29, 0.717) is 6.61 Å². The van der Waals surface area contributed by atoms with Crippen LogP contribution in [0.2, 0.25) is 0 Å². The molecule has 0 spiro atoms. The van der Waals surface area contributed by atoms with E-state index in [1.165, 1.54) is 10.8 Å². The van der Waals surface area contributed by atoms with Gasteiger partial charge in [-0.05, 0) is 34.5 Å². The first kappa shape index (κ1) is 15.1. The van der Waals surface area contributed by atoms with E-state index in [-0.39, 0.29) is 0 Å². The predicted molar refractivity (Wildman–Crippen MR) is 97.3 cm³/mol. The van der Waals surface area contributed by atoms with Crippen molar-refractivity contribution in [2.45, 2.75) is 0 Å². The first-order chi connectivity index (χ1) is 11.4. The fourth-order valence-electron chi connectivity index (χ4n) is 2.43. The molecule has 3 rings (SSSR count). The zero-order valence-electron chi connectivity index (χ0n) is 13.1. The Kier molecular flexibility index (Phi) is 4.88. The molecule has 1 heteroatoms. The van der Waals surface area contributed by atoms with Crippen LogP contribution in [0.1, 0.15) is 16.7 Å². The van der Waals surface area contributed by atoms with Gasteiger partial charge in [-0.15, -0.1) is 0 Å². The van der Waals surface area contributed by atoms with E-state index >= 15 is 0 Å². The Labute approximate surface area is 137 Å². The SMILES string of the molecule is COCC=Cc1ccccc1C#Cc1ccc2ccccc2c1. The van der Waals surface area contributed by atoms with E-state index in [1.54, 1.807) is 7.11 Å².